The molecule has 0 saturated heterocycles. The van der Waals surface area contributed by atoms with Crippen LogP contribution in [0, 0.1) is 17.8 Å². The smallest absolute Gasteiger partial charge is 0.361 e. The monoisotopic (exact) mass is 367 g/mol. The highest BCUT2D eigenvalue weighted by molar-refractivity contribution is 5.94. The van der Waals surface area contributed by atoms with Crippen LogP contribution in [0.3, 0.4) is 0 Å². The van der Waals surface area contributed by atoms with Crippen molar-refractivity contribution in [2.75, 3.05) is 6.61 Å². The van der Waals surface area contributed by atoms with Crippen LogP contribution in [0.15, 0.2) is 18.2 Å². The quantitative estimate of drug-likeness (QED) is 0.802. The highest BCUT2D eigenvalue weighted by Crippen LogP contribution is 2.61. The summed E-state index contributed by atoms with van der Waals surface area (Å²) in [5.41, 5.74) is 2.52. The van der Waals surface area contributed by atoms with E-state index in [9.17, 15) is 9.90 Å². The number of nitrogens with zero attached hydrogens (tertiary/aromatic N) is 2. The number of hydrogen-bond donors (Lipinski definition) is 2. The topological polar surface area (TPSA) is 88.1 Å². The van der Waals surface area contributed by atoms with Gasteiger partial charge in [-0.3, -0.25) is 0 Å². The molecular weight excluding hydrogens is 342 g/mol. The number of H-pyrrole nitrogens is 1. The minimum Gasteiger partial charge on any atom is -0.507 e. The van der Waals surface area contributed by atoms with Gasteiger partial charge in [0.05, 0.1) is 6.61 Å². The molecule has 0 spiro atoms. The Labute approximate surface area is 158 Å². The molecule has 6 heteroatoms. The Kier molecular flexibility index (Phi) is 3.78. The predicted molar refractivity (Wildman–Crippen MR) is 99.3 cm³/mol. The molecule has 4 aliphatic rings. The maximum atomic E-state index is 12.2. The van der Waals surface area contributed by atoms with E-state index in [-0.39, 0.29) is 23.5 Å². The molecule has 0 aliphatic heterocycles. The number of phenolic OH excluding ortho intramolecular Hbond substituents is 1. The summed E-state index contributed by atoms with van der Waals surface area (Å²) in [5, 5.41) is 21.1. The second kappa shape index (κ2) is 6.08. The van der Waals surface area contributed by atoms with E-state index in [1.807, 2.05) is 6.07 Å². The standard InChI is InChI=1S/C21H25N3O3/c1-2-27-20(26)19-18(22-24-23-19)16-8-15(3-4-17(16)25)21-9-12-5-13(10-21)7-14(6-12)11-21/h3-4,8,12-14,25H,2,5-7,9-11H2,1H3,(H,22,23,24). The normalized spacial score (nSPS) is 31.2. The molecule has 4 fully saturated rings. The molecule has 0 radical (unpaired) electrons. The molecule has 4 bridgehead atoms. The third kappa shape index (κ3) is 2.65. The van der Waals surface area contributed by atoms with Crippen LogP contribution in [0.25, 0.3) is 11.3 Å². The van der Waals surface area contributed by atoms with Crippen molar-refractivity contribution >= 4 is 5.97 Å². The van der Waals surface area contributed by atoms with E-state index in [4.69, 9.17) is 4.74 Å². The third-order valence-corrected chi connectivity index (χ3v) is 6.92. The highest BCUT2D eigenvalue weighted by atomic mass is 16.5. The lowest BCUT2D eigenvalue weighted by atomic mass is 9.48. The number of hydrogen-bond acceptors (Lipinski definition) is 5. The van der Waals surface area contributed by atoms with Crippen LogP contribution in [0.1, 0.15) is 61.5 Å². The van der Waals surface area contributed by atoms with Gasteiger partial charge in [0, 0.05) is 5.56 Å². The SMILES string of the molecule is CCOC(=O)c1n[nH]nc1-c1cc(C23CC4CC(CC(C4)C2)C3)ccc1O. The van der Waals surface area contributed by atoms with Crippen LogP contribution in [0.4, 0.5) is 0 Å². The number of ether oxygens (including phenoxy) is 1. The van der Waals surface area contributed by atoms with E-state index < -0.39 is 5.97 Å². The van der Waals surface area contributed by atoms with Gasteiger partial charge in [-0.25, -0.2) is 4.79 Å². The highest BCUT2D eigenvalue weighted by Gasteiger charge is 2.51. The van der Waals surface area contributed by atoms with Gasteiger partial charge in [-0.1, -0.05) is 6.07 Å². The lowest BCUT2D eigenvalue weighted by Crippen LogP contribution is -2.48. The van der Waals surface area contributed by atoms with Gasteiger partial charge in [0.25, 0.3) is 0 Å². The number of nitrogens with one attached hydrogen (secondary N) is 1. The van der Waals surface area contributed by atoms with Crippen molar-refractivity contribution in [2.45, 2.75) is 50.9 Å². The van der Waals surface area contributed by atoms with Crippen molar-refractivity contribution in [2.24, 2.45) is 17.8 Å². The van der Waals surface area contributed by atoms with Crippen LogP contribution < -0.4 is 0 Å². The molecule has 2 N–H and O–H groups in total. The molecule has 1 aromatic carbocycles. The van der Waals surface area contributed by atoms with E-state index >= 15 is 0 Å². The molecule has 142 valence electrons. The van der Waals surface area contributed by atoms with Crippen molar-refractivity contribution in [3.8, 4) is 17.0 Å². The van der Waals surface area contributed by atoms with Gasteiger partial charge < -0.3 is 9.84 Å². The van der Waals surface area contributed by atoms with Gasteiger partial charge in [0.1, 0.15) is 11.4 Å². The Balaban J connectivity index is 1.55. The van der Waals surface area contributed by atoms with Crippen LogP contribution in [0.5, 0.6) is 5.75 Å². The van der Waals surface area contributed by atoms with Crippen LogP contribution in [-0.2, 0) is 10.2 Å². The molecule has 2 aromatic rings. The molecule has 0 atom stereocenters. The summed E-state index contributed by atoms with van der Waals surface area (Å²) in [6, 6.07) is 5.84. The maximum Gasteiger partial charge on any atom is 0.361 e. The average Bonchev–Trinajstić information content (AvgIpc) is 3.10. The van der Waals surface area contributed by atoms with Crippen molar-refractivity contribution in [1.29, 1.82) is 0 Å². The van der Waals surface area contributed by atoms with Gasteiger partial charge in [0.15, 0.2) is 5.69 Å². The molecule has 6 nitrogen and oxygen atoms in total. The molecule has 0 unspecified atom stereocenters. The number of rotatable bonds is 4. The molecule has 0 amide bonds. The molecular formula is C21H25N3O3. The van der Waals surface area contributed by atoms with Crippen LogP contribution >= 0.6 is 0 Å². The molecule has 1 heterocycles. The van der Waals surface area contributed by atoms with Gasteiger partial charge >= 0.3 is 5.97 Å². The van der Waals surface area contributed by atoms with E-state index in [1.54, 1.807) is 13.0 Å². The number of carbonyl (C=O) groups is 1. The number of phenols is 1. The largest absolute Gasteiger partial charge is 0.507 e. The Morgan fingerprint density at radius 3 is 2.48 bits per heavy atom. The zero-order valence-corrected chi connectivity index (χ0v) is 15.6. The lowest BCUT2D eigenvalue weighted by molar-refractivity contribution is -0.00518. The van der Waals surface area contributed by atoms with Gasteiger partial charge in [-0.15, -0.1) is 5.10 Å². The molecule has 27 heavy (non-hydrogen) atoms. The summed E-state index contributed by atoms with van der Waals surface area (Å²) in [7, 11) is 0. The Hall–Kier alpha value is -2.37. The predicted octanol–water partition coefficient (Wildman–Crippen LogP) is 3.82. The van der Waals surface area contributed by atoms with Crippen molar-refractivity contribution < 1.29 is 14.6 Å². The van der Waals surface area contributed by atoms with Crippen molar-refractivity contribution in [3.05, 3.63) is 29.5 Å². The van der Waals surface area contributed by atoms with Gasteiger partial charge in [-0.05, 0) is 86.3 Å². The summed E-state index contributed by atoms with van der Waals surface area (Å²) in [6.45, 7) is 2.02. The fraction of sp³-hybridized carbons (Fsp3) is 0.571. The van der Waals surface area contributed by atoms with E-state index in [0.29, 0.717) is 11.3 Å². The van der Waals surface area contributed by atoms with Crippen LogP contribution in [-0.4, -0.2) is 33.1 Å². The molecule has 1 aromatic heterocycles. The second-order valence-corrected chi connectivity index (χ2v) is 8.67. The molecule has 4 saturated carbocycles. The Bertz CT molecular complexity index is 853. The van der Waals surface area contributed by atoms with E-state index in [2.05, 4.69) is 21.5 Å². The number of aromatic hydroxyl groups is 1. The number of esters is 1. The number of carbonyl (C=O) groups excluding carboxylic acids is 1. The summed E-state index contributed by atoms with van der Waals surface area (Å²) in [6.07, 6.45) is 7.90. The third-order valence-electron chi connectivity index (χ3n) is 6.92. The van der Waals surface area contributed by atoms with Crippen molar-refractivity contribution in [1.82, 2.24) is 15.4 Å². The average molecular weight is 367 g/mol. The minimum atomic E-state index is -0.527. The first-order chi connectivity index (χ1) is 13.1. The number of aromatic amines is 1. The minimum absolute atomic E-state index is 0.114. The fourth-order valence-electron chi connectivity index (χ4n) is 6.28. The second-order valence-electron chi connectivity index (χ2n) is 8.67. The van der Waals surface area contributed by atoms with Gasteiger partial charge in [0.2, 0.25) is 0 Å². The zero-order chi connectivity index (χ0) is 18.6. The lowest BCUT2D eigenvalue weighted by Gasteiger charge is -2.57. The molecule has 4 aliphatic carbocycles. The summed E-state index contributed by atoms with van der Waals surface area (Å²) < 4.78 is 5.08. The first-order valence-corrected chi connectivity index (χ1v) is 9.99. The Morgan fingerprint density at radius 2 is 1.85 bits per heavy atom. The van der Waals surface area contributed by atoms with Crippen molar-refractivity contribution in [3.63, 3.8) is 0 Å². The van der Waals surface area contributed by atoms with E-state index in [1.165, 1.54) is 44.1 Å². The van der Waals surface area contributed by atoms with Crippen LogP contribution in [0.2, 0.25) is 0 Å². The fourth-order valence-corrected chi connectivity index (χ4v) is 6.28. The number of benzene rings is 1. The van der Waals surface area contributed by atoms with Gasteiger partial charge in [-0.2, -0.15) is 10.3 Å². The van der Waals surface area contributed by atoms with E-state index in [0.717, 1.165) is 17.8 Å². The first kappa shape index (κ1) is 16.8. The summed E-state index contributed by atoms with van der Waals surface area (Å²) >= 11 is 0. The maximum absolute atomic E-state index is 12.2. The zero-order valence-electron chi connectivity index (χ0n) is 15.6. The first-order valence-electron chi connectivity index (χ1n) is 9.99. The number of aromatic nitrogens is 3. The Morgan fingerprint density at radius 1 is 1.19 bits per heavy atom. The molecule has 6 rings (SSSR count). The summed E-state index contributed by atoms with van der Waals surface area (Å²) in [4.78, 5) is 12.2. The summed E-state index contributed by atoms with van der Waals surface area (Å²) in [5.74, 6) is 2.12.